The SMILES string of the molecule is C=CC(=O)N1C[C@@H](C)N(C(=O)N(C)[C@H](C(=O)N[C@H]2Cc3nc(cs3)-c3cc4c(c(-c5cccnc5[C@H](C)OC)n(CC)c4cc3C)CC(C)(C)COC(=O)[C@@H]3CCCN(N3)C2=O)C(C)C)[C@H](C)C1. The number of carbonyl (C=O) groups excluding carboxylic acids is 5. The van der Waals surface area contributed by atoms with Crippen LogP contribution in [0.5, 0.6) is 0 Å². The number of thiazole rings is 1. The second kappa shape index (κ2) is 20.5. The van der Waals surface area contributed by atoms with Crippen LogP contribution in [0.15, 0.2) is 48.5 Å². The summed E-state index contributed by atoms with van der Waals surface area (Å²) >= 11 is 1.41. The fraction of sp³-hybridized carbons (Fsp3) is 0.549. The lowest BCUT2D eigenvalue weighted by Crippen LogP contribution is -2.65. The highest BCUT2D eigenvalue weighted by atomic mass is 32.1. The molecule has 6 bridgehead atoms. The number of hydrogen-bond donors (Lipinski definition) is 2. The van der Waals surface area contributed by atoms with Crippen molar-refractivity contribution in [3.8, 4) is 22.5 Å². The Morgan fingerprint density at radius 1 is 1.13 bits per heavy atom. The molecule has 0 spiro atoms. The van der Waals surface area contributed by atoms with E-state index in [0.717, 1.165) is 50.2 Å². The number of methoxy groups -OCH3 is 1. The molecule has 0 radical (unpaired) electrons. The fourth-order valence-electron chi connectivity index (χ4n) is 10.3. The van der Waals surface area contributed by atoms with Crippen LogP contribution in [0.2, 0.25) is 0 Å². The third-order valence-corrected chi connectivity index (χ3v) is 14.6. The first-order valence-corrected chi connectivity index (χ1v) is 24.8. The molecule has 6 heterocycles. The van der Waals surface area contributed by atoms with Crippen molar-refractivity contribution < 1.29 is 33.4 Å². The van der Waals surface area contributed by atoms with Gasteiger partial charge in [-0.1, -0.05) is 34.3 Å². The van der Waals surface area contributed by atoms with E-state index in [1.54, 1.807) is 30.2 Å². The van der Waals surface area contributed by atoms with Crippen LogP contribution in [0, 0.1) is 18.3 Å². The number of hydrogen-bond acceptors (Lipinski definition) is 11. The van der Waals surface area contributed by atoms with Gasteiger partial charge in [-0.15, -0.1) is 11.3 Å². The third-order valence-electron chi connectivity index (χ3n) is 13.7. The number of benzene rings is 1. The normalized spacial score (nSPS) is 22.1. The molecular weight excluding hydrogens is 883 g/mol. The van der Waals surface area contributed by atoms with E-state index in [2.05, 4.69) is 67.8 Å². The summed E-state index contributed by atoms with van der Waals surface area (Å²) in [5.41, 5.74) is 10.4. The molecule has 2 N–H and O–H groups in total. The predicted molar refractivity (Wildman–Crippen MR) is 263 cm³/mol. The molecule has 0 unspecified atom stereocenters. The summed E-state index contributed by atoms with van der Waals surface area (Å²) in [5, 5.41) is 8.16. The van der Waals surface area contributed by atoms with Gasteiger partial charge in [0.05, 0.1) is 34.8 Å². The Bertz CT molecular complexity index is 2560. The number of cyclic esters (lactones) is 1. The lowest BCUT2D eigenvalue weighted by molar-refractivity contribution is -0.155. The molecule has 1 aromatic carbocycles. The minimum Gasteiger partial charge on any atom is -0.464 e. The van der Waals surface area contributed by atoms with Crippen molar-refractivity contribution in [1.82, 2.24) is 45.0 Å². The van der Waals surface area contributed by atoms with E-state index in [1.165, 1.54) is 27.3 Å². The zero-order valence-electron chi connectivity index (χ0n) is 41.6. The highest BCUT2D eigenvalue weighted by Crippen LogP contribution is 2.43. The molecule has 17 heteroatoms. The van der Waals surface area contributed by atoms with Crippen LogP contribution in [0.1, 0.15) is 96.2 Å². The van der Waals surface area contributed by atoms with Crippen molar-refractivity contribution in [3.63, 3.8) is 0 Å². The first-order valence-electron chi connectivity index (χ1n) is 23.9. The number of amides is 5. The molecule has 6 atom stereocenters. The van der Waals surface area contributed by atoms with E-state index >= 15 is 0 Å². The van der Waals surface area contributed by atoms with Crippen molar-refractivity contribution >= 4 is 52.0 Å². The van der Waals surface area contributed by atoms with Gasteiger partial charge in [0.15, 0.2) is 0 Å². The van der Waals surface area contributed by atoms with Crippen molar-refractivity contribution in [2.75, 3.05) is 40.4 Å². The maximum absolute atomic E-state index is 14.7. The number of nitrogens with zero attached hydrogens (tertiary/aromatic N) is 7. The van der Waals surface area contributed by atoms with E-state index < -0.39 is 41.3 Å². The number of hydrazine groups is 1. The van der Waals surface area contributed by atoms with Crippen molar-refractivity contribution in [3.05, 3.63) is 70.3 Å². The number of esters is 1. The van der Waals surface area contributed by atoms with Gasteiger partial charge in [0.2, 0.25) is 11.8 Å². The van der Waals surface area contributed by atoms with Crippen LogP contribution in [-0.2, 0) is 48.0 Å². The summed E-state index contributed by atoms with van der Waals surface area (Å²) in [7, 11) is 3.29. The van der Waals surface area contributed by atoms with Gasteiger partial charge >= 0.3 is 12.0 Å². The number of urea groups is 1. The number of carbonyl (C=O) groups is 5. The number of likely N-dealkylation sites (N-methyl/N-ethyl adjacent to an activating group) is 1. The number of fused-ring (bicyclic) bond motifs is 6. The predicted octanol–water partition coefficient (Wildman–Crippen LogP) is 6.69. The average molecular weight is 952 g/mol. The zero-order valence-corrected chi connectivity index (χ0v) is 42.4. The van der Waals surface area contributed by atoms with Crippen LogP contribution >= 0.6 is 11.3 Å². The molecule has 2 saturated heterocycles. The summed E-state index contributed by atoms with van der Waals surface area (Å²) in [6, 6.07) is 4.62. The molecule has 366 valence electrons. The Balaban J connectivity index is 1.28. The Morgan fingerprint density at radius 3 is 2.51 bits per heavy atom. The topological polar surface area (TPSA) is 172 Å². The lowest BCUT2D eigenvalue weighted by Gasteiger charge is -2.46. The smallest absolute Gasteiger partial charge is 0.324 e. The minimum atomic E-state index is -1.10. The molecule has 3 aromatic heterocycles. The van der Waals surface area contributed by atoms with Gasteiger partial charge in [0.1, 0.15) is 18.1 Å². The second-order valence-electron chi connectivity index (χ2n) is 19.9. The summed E-state index contributed by atoms with van der Waals surface area (Å²) in [4.78, 5) is 84.9. The second-order valence-corrected chi connectivity index (χ2v) is 20.8. The Hall–Kier alpha value is -5.65. The lowest BCUT2D eigenvalue weighted by atomic mass is 9.84. The molecule has 16 nitrogen and oxygen atoms in total. The Labute approximate surface area is 404 Å². The number of rotatable bonds is 9. The van der Waals surface area contributed by atoms with Crippen LogP contribution in [0.25, 0.3) is 33.4 Å². The number of aromatic nitrogens is 3. The number of aryl methyl sites for hydroxylation is 2. The highest BCUT2D eigenvalue weighted by Gasteiger charge is 2.42. The summed E-state index contributed by atoms with van der Waals surface area (Å²) in [6.07, 6.45) is 4.44. The largest absolute Gasteiger partial charge is 0.464 e. The highest BCUT2D eigenvalue weighted by molar-refractivity contribution is 7.10. The molecule has 7 rings (SSSR count). The monoisotopic (exact) mass is 952 g/mol. The third kappa shape index (κ3) is 10.1. The van der Waals surface area contributed by atoms with Gasteiger partial charge < -0.3 is 34.1 Å². The van der Waals surface area contributed by atoms with E-state index in [-0.39, 0.29) is 49.1 Å². The van der Waals surface area contributed by atoms with Crippen molar-refractivity contribution in [1.29, 1.82) is 0 Å². The molecular formula is C51H69N9O7S. The van der Waals surface area contributed by atoms with Gasteiger partial charge in [-0.3, -0.25) is 29.2 Å². The standard InChI is InChI=1S/C51H69N9O7S/c1-13-43(61)57-25-31(6)60(32(7)26-57)50(65)56(11)45(29(3)4)47(62)54-39-23-42-53-40(27-68-42)35-22-36-37(24-51(9,10)28-67-49(64)38-18-16-20-59(55-38)48(39)63)46(58(14-2)41(36)21-30(35)5)34-17-15-19-52-44(34)33(8)66-12/h13,15,17,19,21-22,27,29,31-33,38-39,45,55H,1,14,16,18,20,23-26,28H2,2-12H3,(H,54,62)/t31-,32-,33+,38+,39+,45+/m1/s1. The van der Waals surface area contributed by atoms with Crippen LogP contribution in [0.3, 0.4) is 0 Å². The average Bonchev–Trinajstić information content (AvgIpc) is 3.89. The number of piperazine rings is 1. The van der Waals surface area contributed by atoms with Gasteiger partial charge in [0.25, 0.3) is 5.91 Å². The van der Waals surface area contributed by atoms with E-state index in [0.29, 0.717) is 50.4 Å². The minimum absolute atomic E-state index is 0.0664. The Kier molecular flexibility index (Phi) is 15.2. The van der Waals surface area contributed by atoms with Crippen molar-refractivity contribution in [2.45, 2.75) is 131 Å². The maximum atomic E-state index is 14.7. The summed E-state index contributed by atoms with van der Waals surface area (Å²) < 4.78 is 14.3. The summed E-state index contributed by atoms with van der Waals surface area (Å²) in [6.45, 7) is 23.3. The van der Waals surface area contributed by atoms with E-state index in [1.807, 2.05) is 46.1 Å². The molecule has 3 aliphatic rings. The molecule has 2 fully saturated rings. The number of nitrogens with one attached hydrogen (secondary N) is 2. The first kappa shape index (κ1) is 50.2. The molecule has 0 aliphatic carbocycles. The zero-order chi connectivity index (χ0) is 49.4. The molecule has 3 aliphatic heterocycles. The first-order chi connectivity index (χ1) is 32.3. The van der Waals surface area contributed by atoms with Gasteiger partial charge in [-0.2, -0.15) is 0 Å². The quantitative estimate of drug-likeness (QED) is 0.136. The van der Waals surface area contributed by atoms with Crippen LogP contribution in [0.4, 0.5) is 4.79 Å². The molecule has 5 amide bonds. The van der Waals surface area contributed by atoms with Gasteiger partial charge in [-0.25, -0.2) is 15.2 Å². The van der Waals surface area contributed by atoms with Gasteiger partial charge in [-0.05, 0) is 101 Å². The number of ether oxygens (including phenoxy) is 2. The van der Waals surface area contributed by atoms with Crippen LogP contribution < -0.4 is 10.7 Å². The summed E-state index contributed by atoms with van der Waals surface area (Å²) in [5.74, 6) is -1.92. The molecule has 4 aromatic rings. The van der Waals surface area contributed by atoms with E-state index in [9.17, 15) is 24.0 Å². The van der Waals surface area contributed by atoms with Crippen molar-refractivity contribution in [2.24, 2.45) is 11.3 Å². The maximum Gasteiger partial charge on any atom is 0.324 e. The molecule has 68 heavy (non-hydrogen) atoms. The Morgan fingerprint density at radius 2 is 1.85 bits per heavy atom. The van der Waals surface area contributed by atoms with E-state index in [4.69, 9.17) is 19.4 Å². The molecule has 0 saturated carbocycles. The number of pyridine rings is 1. The fourth-order valence-corrected chi connectivity index (χ4v) is 11.2. The van der Waals surface area contributed by atoms with Crippen LogP contribution in [-0.4, -0.2) is 135 Å². The van der Waals surface area contributed by atoms with Gasteiger partial charge in [0, 0.05) is 97.9 Å².